The fourth-order valence-corrected chi connectivity index (χ4v) is 3.18. The van der Waals surface area contributed by atoms with Gasteiger partial charge in [0.25, 0.3) is 0 Å². The van der Waals surface area contributed by atoms with E-state index < -0.39 is 5.97 Å². The lowest BCUT2D eigenvalue weighted by Crippen LogP contribution is -2.16. The summed E-state index contributed by atoms with van der Waals surface area (Å²) in [5.74, 6) is -0.909. The molecule has 1 atom stereocenters. The molecule has 0 radical (unpaired) electrons. The van der Waals surface area contributed by atoms with E-state index in [0.29, 0.717) is 18.1 Å². The highest BCUT2D eigenvalue weighted by molar-refractivity contribution is 7.99. The maximum atomic E-state index is 11.4. The van der Waals surface area contributed by atoms with Gasteiger partial charge >= 0.3 is 5.97 Å². The molecule has 1 aliphatic heterocycles. The third-order valence-corrected chi connectivity index (χ3v) is 4.15. The minimum atomic E-state index is -0.880. The van der Waals surface area contributed by atoms with Crippen LogP contribution >= 0.6 is 11.8 Å². The summed E-state index contributed by atoms with van der Waals surface area (Å²) < 4.78 is 1.97. The second-order valence-corrected chi connectivity index (χ2v) is 5.54. The van der Waals surface area contributed by atoms with Crippen molar-refractivity contribution in [2.45, 2.75) is 17.6 Å². The zero-order chi connectivity index (χ0) is 14.1. The Balaban J connectivity index is 2.03. The van der Waals surface area contributed by atoms with E-state index in [-0.39, 0.29) is 17.7 Å². The van der Waals surface area contributed by atoms with Crippen molar-refractivity contribution in [3.8, 4) is 0 Å². The Bertz CT molecular complexity index is 683. The van der Waals surface area contributed by atoms with Gasteiger partial charge in [0.2, 0.25) is 5.91 Å². The van der Waals surface area contributed by atoms with E-state index in [1.54, 1.807) is 0 Å². The van der Waals surface area contributed by atoms with Gasteiger partial charge in [-0.05, 0) is 12.1 Å². The summed E-state index contributed by atoms with van der Waals surface area (Å²) in [6, 6.07) is 7.63. The highest BCUT2D eigenvalue weighted by Gasteiger charge is 2.27. The molecule has 2 aromatic rings. The van der Waals surface area contributed by atoms with E-state index in [2.05, 4.69) is 10.3 Å². The Morgan fingerprint density at radius 1 is 1.50 bits per heavy atom. The van der Waals surface area contributed by atoms with Gasteiger partial charge in [0.05, 0.1) is 22.8 Å². The Labute approximate surface area is 119 Å². The average Bonchev–Trinajstić information content (AvgIpc) is 2.99. The van der Waals surface area contributed by atoms with Gasteiger partial charge in [0, 0.05) is 13.0 Å². The minimum Gasteiger partial charge on any atom is -0.481 e. The first-order valence-corrected chi connectivity index (χ1v) is 7.22. The van der Waals surface area contributed by atoms with Crippen LogP contribution in [-0.2, 0) is 9.59 Å². The molecule has 2 N–H and O–H groups in total. The number of benzene rings is 1. The summed E-state index contributed by atoms with van der Waals surface area (Å²) in [6.45, 7) is 0.555. The molecule has 0 aliphatic carbocycles. The standard InChI is InChI=1S/C13H13N3O3S/c17-11-5-8(6-14-11)16-10-4-2-1-3-9(10)15-13(16)20-7-12(18)19/h1-4,8H,5-7H2,(H,14,17)(H,18,19). The molecule has 0 bridgehead atoms. The van der Waals surface area contributed by atoms with Gasteiger partial charge in [-0.15, -0.1) is 0 Å². The van der Waals surface area contributed by atoms with Gasteiger partial charge in [0.15, 0.2) is 5.16 Å². The van der Waals surface area contributed by atoms with Crippen molar-refractivity contribution in [1.82, 2.24) is 14.9 Å². The molecule has 20 heavy (non-hydrogen) atoms. The smallest absolute Gasteiger partial charge is 0.313 e. The van der Waals surface area contributed by atoms with E-state index in [9.17, 15) is 9.59 Å². The number of carboxylic acids is 1. The number of nitrogens with zero attached hydrogens (tertiary/aromatic N) is 2. The van der Waals surface area contributed by atoms with Gasteiger partial charge in [-0.1, -0.05) is 23.9 Å². The zero-order valence-electron chi connectivity index (χ0n) is 10.6. The lowest BCUT2D eigenvalue weighted by atomic mass is 10.2. The van der Waals surface area contributed by atoms with Gasteiger partial charge in [-0.3, -0.25) is 9.59 Å². The Kier molecular flexibility index (Phi) is 3.35. The molecular formula is C13H13N3O3S. The summed E-state index contributed by atoms with van der Waals surface area (Å²) in [5, 5.41) is 12.3. The molecule has 1 aliphatic rings. The molecule has 0 spiro atoms. The number of fused-ring (bicyclic) bond motifs is 1. The predicted octanol–water partition coefficient (Wildman–Crippen LogP) is 1.27. The molecule has 1 aromatic heterocycles. The molecule has 6 nitrogen and oxygen atoms in total. The van der Waals surface area contributed by atoms with Gasteiger partial charge in [-0.25, -0.2) is 4.98 Å². The van der Waals surface area contributed by atoms with Crippen molar-refractivity contribution in [1.29, 1.82) is 0 Å². The largest absolute Gasteiger partial charge is 0.481 e. The molecule has 1 fully saturated rings. The first-order valence-electron chi connectivity index (χ1n) is 6.23. The van der Waals surface area contributed by atoms with E-state index in [4.69, 9.17) is 5.11 Å². The van der Waals surface area contributed by atoms with Crippen LogP contribution in [0.1, 0.15) is 12.5 Å². The van der Waals surface area contributed by atoms with Crippen molar-refractivity contribution >= 4 is 34.7 Å². The van der Waals surface area contributed by atoms with Crippen molar-refractivity contribution in [2.75, 3.05) is 12.3 Å². The highest BCUT2D eigenvalue weighted by Crippen LogP contribution is 2.30. The summed E-state index contributed by atoms with van der Waals surface area (Å²) in [7, 11) is 0. The molecule has 104 valence electrons. The van der Waals surface area contributed by atoms with Crippen LogP contribution in [0.3, 0.4) is 0 Å². The van der Waals surface area contributed by atoms with Crippen LogP contribution in [0.2, 0.25) is 0 Å². The summed E-state index contributed by atoms with van der Waals surface area (Å²) >= 11 is 1.18. The van der Waals surface area contributed by atoms with Crippen molar-refractivity contribution in [3.05, 3.63) is 24.3 Å². The van der Waals surface area contributed by atoms with Crippen LogP contribution in [0.15, 0.2) is 29.4 Å². The summed E-state index contributed by atoms with van der Waals surface area (Å²) in [5.41, 5.74) is 1.75. The molecule has 1 saturated heterocycles. The first kappa shape index (κ1) is 13.0. The lowest BCUT2D eigenvalue weighted by molar-refractivity contribution is -0.134. The topological polar surface area (TPSA) is 84.2 Å². The monoisotopic (exact) mass is 291 g/mol. The van der Waals surface area contributed by atoms with Gasteiger partial charge in [0.1, 0.15) is 0 Å². The van der Waals surface area contributed by atoms with Crippen molar-refractivity contribution < 1.29 is 14.7 Å². The number of carboxylic acid groups (broad SMARTS) is 1. The number of aromatic nitrogens is 2. The number of nitrogens with one attached hydrogen (secondary N) is 1. The molecule has 1 aromatic carbocycles. The number of amides is 1. The Morgan fingerprint density at radius 3 is 3.00 bits per heavy atom. The predicted molar refractivity (Wildman–Crippen MR) is 74.8 cm³/mol. The average molecular weight is 291 g/mol. The van der Waals surface area contributed by atoms with Gasteiger partial charge in [-0.2, -0.15) is 0 Å². The molecule has 1 amide bonds. The third kappa shape index (κ3) is 2.36. The number of hydrogen-bond donors (Lipinski definition) is 2. The maximum Gasteiger partial charge on any atom is 0.313 e. The Morgan fingerprint density at radius 2 is 2.30 bits per heavy atom. The normalized spacial score (nSPS) is 18.4. The molecule has 1 unspecified atom stereocenters. The molecule has 7 heteroatoms. The third-order valence-electron chi connectivity index (χ3n) is 3.21. The van der Waals surface area contributed by atoms with E-state index in [0.717, 1.165) is 11.0 Å². The number of carbonyl (C=O) groups excluding carboxylic acids is 1. The second-order valence-electron chi connectivity index (χ2n) is 4.60. The number of thioether (sulfide) groups is 1. The summed E-state index contributed by atoms with van der Waals surface area (Å²) in [4.78, 5) is 26.6. The van der Waals surface area contributed by atoms with Crippen LogP contribution in [0.4, 0.5) is 0 Å². The maximum absolute atomic E-state index is 11.4. The SMILES string of the molecule is O=C(O)CSc1nc2ccccc2n1C1CNC(=O)C1. The number of imidazole rings is 1. The van der Waals surface area contributed by atoms with E-state index in [1.165, 1.54) is 11.8 Å². The van der Waals surface area contributed by atoms with Crippen LogP contribution in [-0.4, -0.2) is 38.8 Å². The highest BCUT2D eigenvalue weighted by atomic mass is 32.2. The molecular weight excluding hydrogens is 278 g/mol. The Hall–Kier alpha value is -2.02. The van der Waals surface area contributed by atoms with Crippen LogP contribution in [0, 0.1) is 0 Å². The fourth-order valence-electron chi connectivity index (χ4n) is 2.38. The number of carbonyl (C=O) groups is 2. The number of aliphatic carboxylic acids is 1. The quantitative estimate of drug-likeness (QED) is 0.829. The van der Waals surface area contributed by atoms with E-state index >= 15 is 0 Å². The number of hydrogen-bond acceptors (Lipinski definition) is 4. The zero-order valence-corrected chi connectivity index (χ0v) is 11.4. The van der Waals surface area contributed by atoms with Crippen molar-refractivity contribution in [2.24, 2.45) is 0 Å². The number of para-hydroxylation sites is 2. The fraction of sp³-hybridized carbons (Fsp3) is 0.308. The summed E-state index contributed by atoms with van der Waals surface area (Å²) in [6.07, 6.45) is 0.404. The number of rotatable bonds is 4. The molecule has 2 heterocycles. The van der Waals surface area contributed by atoms with Crippen LogP contribution in [0.5, 0.6) is 0 Å². The van der Waals surface area contributed by atoms with E-state index in [1.807, 2.05) is 28.8 Å². The first-order chi connectivity index (χ1) is 9.65. The minimum absolute atomic E-state index is 0.00815. The second kappa shape index (κ2) is 5.16. The molecule has 0 saturated carbocycles. The van der Waals surface area contributed by atoms with Crippen LogP contribution < -0.4 is 5.32 Å². The van der Waals surface area contributed by atoms with Crippen molar-refractivity contribution in [3.63, 3.8) is 0 Å². The van der Waals surface area contributed by atoms with Gasteiger partial charge < -0.3 is 15.0 Å². The molecule has 3 rings (SSSR count). The van der Waals surface area contributed by atoms with Crippen LogP contribution in [0.25, 0.3) is 11.0 Å². The lowest BCUT2D eigenvalue weighted by Gasteiger charge is -2.14.